The largest absolute Gasteiger partial charge is 0.451 e. The number of ketones is 1. The molecule has 7 heteroatoms. The summed E-state index contributed by atoms with van der Waals surface area (Å²) in [6.45, 7) is 1.45. The molecule has 0 fully saturated rings. The summed E-state index contributed by atoms with van der Waals surface area (Å²) in [5, 5.41) is 11.4. The van der Waals surface area contributed by atoms with Crippen LogP contribution < -0.4 is 0 Å². The molecule has 2 aromatic rings. The minimum atomic E-state index is -0.996. The van der Waals surface area contributed by atoms with E-state index in [1.807, 2.05) is 0 Å². The standard InChI is InChI=1S/C18H14ClNO5/c1-12(18(22)14-6-9-15(19)10-7-14)25-17(21)11-8-13-4-2-3-5-16(13)20(23)24/h2-12H,1H3/b11-8+/t12-/m1/s1. The number of rotatable bonds is 6. The van der Waals surface area contributed by atoms with Gasteiger partial charge in [-0.25, -0.2) is 4.79 Å². The highest BCUT2D eigenvalue weighted by Gasteiger charge is 2.18. The van der Waals surface area contributed by atoms with Gasteiger partial charge in [0.2, 0.25) is 5.78 Å². The van der Waals surface area contributed by atoms with Gasteiger partial charge < -0.3 is 4.74 Å². The number of esters is 1. The van der Waals surface area contributed by atoms with Gasteiger partial charge in [0, 0.05) is 22.7 Å². The highest BCUT2D eigenvalue weighted by Crippen LogP contribution is 2.19. The average molecular weight is 360 g/mol. The molecule has 0 unspecified atom stereocenters. The monoisotopic (exact) mass is 359 g/mol. The van der Waals surface area contributed by atoms with E-state index in [1.54, 1.807) is 18.2 Å². The first-order valence-electron chi connectivity index (χ1n) is 7.30. The summed E-state index contributed by atoms with van der Waals surface area (Å²) in [5.41, 5.74) is 0.505. The molecule has 0 aliphatic rings. The number of hydrogen-bond donors (Lipinski definition) is 0. The molecule has 6 nitrogen and oxygen atoms in total. The Morgan fingerprint density at radius 2 is 1.80 bits per heavy atom. The zero-order valence-electron chi connectivity index (χ0n) is 13.2. The Morgan fingerprint density at radius 1 is 1.16 bits per heavy atom. The van der Waals surface area contributed by atoms with Gasteiger partial charge in [0.05, 0.1) is 10.5 Å². The van der Waals surface area contributed by atoms with E-state index < -0.39 is 17.0 Å². The molecule has 2 aromatic carbocycles. The number of ether oxygens (including phenoxy) is 1. The molecule has 1 atom stereocenters. The van der Waals surface area contributed by atoms with Crippen molar-refractivity contribution in [3.63, 3.8) is 0 Å². The van der Waals surface area contributed by atoms with Gasteiger partial charge in [0.25, 0.3) is 5.69 Å². The van der Waals surface area contributed by atoms with Gasteiger partial charge in [-0.15, -0.1) is 0 Å². The van der Waals surface area contributed by atoms with Gasteiger partial charge in [-0.2, -0.15) is 0 Å². The quantitative estimate of drug-likeness (QED) is 0.255. The van der Waals surface area contributed by atoms with E-state index in [2.05, 4.69) is 0 Å². The minimum Gasteiger partial charge on any atom is -0.451 e. The van der Waals surface area contributed by atoms with Crippen molar-refractivity contribution >= 4 is 35.1 Å². The van der Waals surface area contributed by atoms with E-state index in [1.165, 1.54) is 43.3 Å². The molecule has 0 saturated carbocycles. The van der Waals surface area contributed by atoms with E-state index in [9.17, 15) is 19.7 Å². The van der Waals surface area contributed by atoms with Gasteiger partial charge in [0.1, 0.15) is 0 Å². The Labute approximate surface area is 148 Å². The van der Waals surface area contributed by atoms with Crippen LogP contribution in [0.15, 0.2) is 54.6 Å². The van der Waals surface area contributed by atoms with Crippen molar-refractivity contribution in [2.24, 2.45) is 0 Å². The van der Waals surface area contributed by atoms with Gasteiger partial charge >= 0.3 is 5.97 Å². The van der Waals surface area contributed by atoms with E-state index in [4.69, 9.17) is 16.3 Å². The van der Waals surface area contributed by atoms with Crippen LogP contribution in [0.3, 0.4) is 0 Å². The van der Waals surface area contributed by atoms with Crippen molar-refractivity contribution in [1.29, 1.82) is 0 Å². The molecule has 0 aliphatic heterocycles. The Bertz CT molecular complexity index is 830. The molecule has 0 amide bonds. The summed E-state index contributed by atoms with van der Waals surface area (Å²) in [4.78, 5) is 34.4. The molecular weight excluding hydrogens is 346 g/mol. The van der Waals surface area contributed by atoms with E-state index in [-0.39, 0.29) is 17.0 Å². The number of carbonyl (C=O) groups is 2. The van der Waals surface area contributed by atoms with Crippen molar-refractivity contribution < 1.29 is 19.2 Å². The first-order valence-corrected chi connectivity index (χ1v) is 7.68. The molecule has 128 valence electrons. The maximum Gasteiger partial charge on any atom is 0.331 e. The lowest BCUT2D eigenvalue weighted by molar-refractivity contribution is -0.385. The molecule has 0 heterocycles. The fourth-order valence-corrected chi connectivity index (χ4v) is 2.19. The average Bonchev–Trinajstić information content (AvgIpc) is 2.60. The van der Waals surface area contributed by atoms with Crippen LogP contribution in [-0.2, 0) is 9.53 Å². The first-order chi connectivity index (χ1) is 11.9. The Kier molecular flexibility index (Phi) is 6.03. The van der Waals surface area contributed by atoms with Crippen LogP contribution in [0.2, 0.25) is 5.02 Å². The number of nitro benzene ring substituents is 1. The van der Waals surface area contributed by atoms with Gasteiger partial charge in [-0.3, -0.25) is 14.9 Å². The topological polar surface area (TPSA) is 86.5 Å². The van der Waals surface area contributed by atoms with E-state index in [0.717, 1.165) is 6.08 Å². The Hall–Kier alpha value is -2.99. The Morgan fingerprint density at radius 3 is 2.44 bits per heavy atom. The number of hydrogen-bond acceptors (Lipinski definition) is 5. The molecule has 0 aliphatic carbocycles. The third-order valence-electron chi connectivity index (χ3n) is 3.32. The smallest absolute Gasteiger partial charge is 0.331 e. The van der Waals surface area contributed by atoms with Crippen molar-refractivity contribution in [1.82, 2.24) is 0 Å². The van der Waals surface area contributed by atoms with Crippen molar-refractivity contribution in [3.05, 3.63) is 80.9 Å². The molecule has 2 rings (SSSR count). The number of nitrogens with zero attached hydrogens (tertiary/aromatic N) is 1. The third-order valence-corrected chi connectivity index (χ3v) is 3.58. The van der Waals surface area contributed by atoms with E-state index in [0.29, 0.717) is 10.6 Å². The summed E-state index contributed by atoms with van der Waals surface area (Å²) in [6, 6.07) is 12.2. The molecule has 0 spiro atoms. The summed E-state index contributed by atoms with van der Waals surface area (Å²) in [5.74, 6) is -1.14. The van der Waals surface area contributed by atoms with Gasteiger partial charge in [0.15, 0.2) is 6.10 Å². The van der Waals surface area contributed by atoms with Crippen molar-refractivity contribution in [2.75, 3.05) is 0 Å². The zero-order valence-corrected chi connectivity index (χ0v) is 14.0. The zero-order chi connectivity index (χ0) is 18.4. The first kappa shape index (κ1) is 18.4. The van der Waals surface area contributed by atoms with Gasteiger partial charge in [-0.05, 0) is 43.3 Å². The molecular formula is C18H14ClNO5. The SMILES string of the molecule is C[C@@H](OC(=O)/C=C/c1ccccc1[N+](=O)[O-])C(=O)c1ccc(Cl)cc1. The highest BCUT2D eigenvalue weighted by atomic mass is 35.5. The number of nitro groups is 1. The second-order valence-electron chi connectivity index (χ2n) is 5.10. The lowest BCUT2D eigenvalue weighted by Crippen LogP contribution is -2.23. The summed E-state index contributed by atoms with van der Waals surface area (Å²) in [7, 11) is 0. The van der Waals surface area contributed by atoms with Crippen LogP contribution in [0.1, 0.15) is 22.8 Å². The maximum atomic E-state index is 12.2. The van der Waals surface area contributed by atoms with Crippen LogP contribution in [-0.4, -0.2) is 22.8 Å². The van der Waals surface area contributed by atoms with Crippen LogP contribution in [0.5, 0.6) is 0 Å². The summed E-state index contributed by atoms with van der Waals surface area (Å²) in [6.07, 6.45) is 1.33. The lowest BCUT2D eigenvalue weighted by Gasteiger charge is -2.10. The van der Waals surface area contributed by atoms with Crippen LogP contribution >= 0.6 is 11.6 Å². The fraction of sp³-hybridized carbons (Fsp3) is 0.111. The molecule has 0 aromatic heterocycles. The van der Waals surface area contributed by atoms with E-state index >= 15 is 0 Å². The minimum absolute atomic E-state index is 0.128. The number of carbonyl (C=O) groups excluding carboxylic acids is 2. The highest BCUT2D eigenvalue weighted by molar-refractivity contribution is 6.30. The second kappa shape index (κ2) is 8.21. The predicted molar refractivity (Wildman–Crippen MR) is 93.5 cm³/mol. The lowest BCUT2D eigenvalue weighted by atomic mass is 10.1. The van der Waals surface area contributed by atoms with Crippen molar-refractivity contribution in [2.45, 2.75) is 13.0 Å². The normalized spacial score (nSPS) is 11.9. The fourth-order valence-electron chi connectivity index (χ4n) is 2.07. The summed E-state index contributed by atoms with van der Waals surface area (Å²) < 4.78 is 5.04. The second-order valence-corrected chi connectivity index (χ2v) is 5.54. The molecule has 25 heavy (non-hydrogen) atoms. The molecule has 0 bridgehead atoms. The van der Waals surface area contributed by atoms with Crippen LogP contribution in [0.4, 0.5) is 5.69 Å². The number of para-hydroxylation sites is 1. The summed E-state index contributed by atoms with van der Waals surface area (Å²) >= 11 is 5.76. The molecule has 0 saturated heterocycles. The number of benzene rings is 2. The van der Waals surface area contributed by atoms with Crippen LogP contribution in [0, 0.1) is 10.1 Å². The number of Topliss-reactive ketones (excluding diaryl/α,β-unsaturated/α-hetero) is 1. The molecule has 0 N–H and O–H groups in total. The van der Waals surface area contributed by atoms with Crippen LogP contribution in [0.25, 0.3) is 6.08 Å². The number of halogens is 1. The van der Waals surface area contributed by atoms with Gasteiger partial charge in [-0.1, -0.05) is 23.7 Å². The molecule has 0 radical (unpaired) electrons. The Balaban J connectivity index is 2.03. The maximum absolute atomic E-state index is 12.2. The predicted octanol–water partition coefficient (Wildman–Crippen LogP) is 4.08. The van der Waals surface area contributed by atoms with Crippen molar-refractivity contribution in [3.8, 4) is 0 Å². The third kappa shape index (κ3) is 4.99.